The zero-order valence-corrected chi connectivity index (χ0v) is 5.16. The Labute approximate surface area is 53.0 Å². The van der Waals surface area contributed by atoms with Crippen LogP contribution >= 0.6 is 0 Å². The lowest BCUT2D eigenvalue weighted by molar-refractivity contribution is -0.128. The first-order valence-electron chi connectivity index (χ1n) is 2.64. The van der Waals surface area contributed by atoms with Gasteiger partial charge in [0.05, 0.1) is 12.3 Å². The highest BCUT2D eigenvalue weighted by Crippen LogP contribution is 1.93. The molecule has 3 nitrogen and oxygen atoms in total. The predicted octanol–water partition coefficient (Wildman–Crippen LogP) is -0.0205. The normalized spacial score (nSPS) is 12.1. The zero-order chi connectivity index (χ0) is 7.28. The van der Waals surface area contributed by atoms with Crippen LogP contribution in [0.4, 0.5) is 0 Å². The smallest absolute Gasteiger partial charge is 0.149 e. The van der Waals surface area contributed by atoms with Crippen LogP contribution in [-0.2, 0) is 14.4 Å². The Morgan fingerprint density at radius 1 is 1.56 bits per heavy atom. The van der Waals surface area contributed by atoms with E-state index in [1.807, 2.05) is 0 Å². The van der Waals surface area contributed by atoms with Crippen LogP contribution in [0.2, 0.25) is 0 Å². The molecule has 1 atom stereocenters. The Balaban J connectivity index is 3.71. The maximum absolute atomic E-state index is 10.5. The van der Waals surface area contributed by atoms with Gasteiger partial charge in [-0.3, -0.25) is 4.79 Å². The third-order valence-electron chi connectivity index (χ3n) is 0.997. The number of rotatable bonds is 4. The predicted molar refractivity (Wildman–Crippen MR) is 30.9 cm³/mol. The summed E-state index contributed by atoms with van der Waals surface area (Å²) in [5.41, 5.74) is 0. The van der Waals surface area contributed by atoms with Crippen molar-refractivity contribution < 1.29 is 14.4 Å². The van der Waals surface area contributed by atoms with Gasteiger partial charge in [0, 0.05) is 0 Å². The first-order chi connectivity index (χ1) is 4.22. The molecule has 0 radical (unpaired) electrons. The Hall–Kier alpha value is -0.990. The molecule has 0 aromatic rings. The topological polar surface area (TPSA) is 51.2 Å². The average molecular weight is 128 g/mol. The van der Waals surface area contributed by atoms with E-state index in [0.29, 0.717) is 12.6 Å². The molecule has 0 heterocycles. The van der Waals surface area contributed by atoms with Crippen molar-refractivity contribution in [1.29, 1.82) is 0 Å². The molecule has 0 aliphatic heterocycles. The number of hydrogen-bond acceptors (Lipinski definition) is 3. The van der Waals surface area contributed by atoms with Gasteiger partial charge in [0.1, 0.15) is 18.4 Å². The van der Waals surface area contributed by atoms with Gasteiger partial charge in [-0.1, -0.05) is 0 Å². The largest absolute Gasteiger partial charge is 0.303 e. The number of Topliss-reactive ketones (excluding diaryl/α,β-unsaturated/α-hetero) is 1. The summed E-state index contributed by atoms with van der Waals surface area (Å²) in [7, 11) is 0. The number of aldehydes is 2. The number of carbonyl (C=O) groups excluding carboxylic acids is 3. The van der Waals surface area contributed by atoms with Gasteiger partial charge in [-0.25, -0.2) is 0 Å². The number of carbonyl (C=O) groups is 3. The lowest BCUT2D eigenvalue weighted by Crippen LogP contribution is -2.11. The van der Waals surface area contributed by atoms with Gasteiger partial charge >= 0.3 is 0 Å². The molecule has 0 saturated carbocycles. The first kappa shape index (κ1) is 8.01. The van der Waals surface area contributed by atoms with Gasteiger partial charge in [0.2, 0.25) is 0 Å². The molecule has 0 fully saturated rings. The second-order valence-electron chi connectivity index (χ2n) is 1.76. The van der Waals surface area contributed by atoms with Crippen molar-refractivity contribution in [2.75, 3.05) is 0 Å². The molecule has 1 unspecified atom stereocenters. The van der Waals surface area contributed by atoms with Crippen LogP contribution in [-0.4, -0.2) is 18.4 Å². The molecule has 0 rings (SSSR count). The Morgan fingerprint density at radius 3 is 2.44 bits per heavy atom. The van der Waals surface area contributed by atoms with E-state index in [9.17, 15) is 14.4 Å². The fourth-order valence-electron chi connectivity index (χ4n) is 0.344. The van der Waals surface area contributed by atoms with E-state index in [4.69, 9.17) is 0 Å². The van der Waals surface area contributed by atoms with Gasteiger partial charge < -0.3 is 9.59 Å². The molecule has 0 saturated heterocycles. The third kappa shape index (κ3) is 2.74. The molecule has 0 spiro atoms. The number of ketones is 1. The summed E-state index contributed by atoms with van der Waals surface area (Å²) in [4.78, 5) is 30.1. The van der Waals surface area contributed by atoms with Crippen molar-refractivity contribution in [2.24, 2.45) is 5.92 Å². The highest BCUT2D eigenvalue weighted by molar-refractivity contribution is 5.98. The third-order valence-corrected chi connectivity index (χ3v) is 0.997. The van der Waals surface area contributed by atoms with Crippen molar-refractivity contribution in [3.05, 3.63) is 0 Å². The first-order valence-corrected chi connectivity index (χ1v) is 2.64. The minimum Gasteiger partial charge on any atom is -0.303 e. The summed E-state index contributed by atoms with van der Waals surface area (Å²) in [6.07, 6.45) is 0.883. The molecule has 0 aliphatic carbocycles. The van der Waals surface area contributed by atoms with E-state index >= 15 is 0 Å². The van der Waals surface area contributed by atoms with Crippen molar-refractivity contribution >= 4 is 18.4 Å². The minimum absolute atomic E-state index is 0.153. The van der Waals surface area contributed by atoms with E-state index in [-0.39, 0.29) is 12.2 Å². The van der Waals surface area contributed by atoms with Crippen molar-refractivity contribution in [3.8, 4) is 0 Å². The molecular formula is C6H8O3. The van der Waals surface area contributed by atoms with E-state index in [0.717, 1.165) is 0 Å². The van der Waals surface area contributed by atoms with Gasteiger partial charge in [-0.15, -0.1) is 0 Å². The van der Waals surface area contributed by atoms with Gasteiger partial charge in [0.15, 0.2) is 0 Å². The molecule has 0 aromatic carbocycles. The van der Waals surface area contributed by atoms with E-state index in [1.165, 1.54) is 6.92 Å². The maximum atomic E-state index is 10.5. The average Bonchev–Trinajstić information content (AvgIpc) is 1.87. The van der Waals surface area contributed by atoms with Crippen molar-refractivity contribution in [3.63, 3.8) is 0 Å². The van der Waals surface area contributed by atoms with Gasteiger partial charge in [-0.05, 0) is 6.92 Å². The minimum atomic E-state index is -0.629. The van der Waals surface area contributed by atoms with Gasteiger partial charge in [0.25, 0.3) is 0 Å². The summed E-state index contributed by atoms with van der Waals surface area (Å²) in [5, 5.41) is 0. The summed E-state index contributed by atoms with van der Waals surface area (Å²) in [6.45, 7) is 1.47. The Kier molecular flexibility index (Phi) is 3.51. The molecule has 0 aliphatic rings. The molecule has 0 bridgehead atoms. The van der Waals surface area contributed by atoms with E-state index in [1.54, 1.807) is 0 Å². The second kappa shape index (κ2) is 3.95. The molecular weight excluding hydrogens is 120 g/mol. The van der Waals surface area contributed by atoms with Crippen LogP contribution in [0.5, 0.6) is 0 Å². The molecule has 9 heavy (non-hydrogen) atoms. The summed E-state index contributed by atoms with van der Waals surface area (Å²) < 4.78 is 0. The van der Waals surface area contributed by atoms with Gasteiger partial charge in [-0.2, -0.15) is 0 Å². The van der Waals surface area contributed by atoms with Crippen molar-refractivity contribution in [1.82, 2.24) is 0 Å². The lowest BCUT2D eigenvalue weighted by Gasteiger charge is -1.94. The van der Waals surface area contributed by atoms with Crippen LogP contribution in [0.1, 0.15) is 13.3 Å². The highest BCUT2D eigenvalue weighted by atomic mass is 16.1. The highest BCUT2D eigenvalue weighted by Gasteiger charge is 2.09. The van der Waals surface area contributed by atoms with Crippen LogP contribution in [0.25, 0.3) is 0 Å². The quantitative estimate of drug-likeness (QED) is 0.395. The summed E-state index contributed by atoms with van der Waals surface area (Å²) in [5.74, 6) is -0.949. The second-order valence-corrected chi connectivity index (χ2v) is 1.76. The van der Waals surface area contributed by atoms with Crippen LogP contribution in [0.15, 0.2) is 0 Å². The summed E-state index contributed by atoms with van der Waals surface area (Å²) >= 11 is 0. The molecule has 50 valence electrons. The molecule has 0 aromatic heterocycles. The fraction of sp³-hybridized carbons (Fsp3) is 0.500. The maximum Gasteiger partial charge on any atom is 0.149 e. The molecule has 3 heteroatoms. The Morgan fingerprint density at radius 2 is 2.11 bits per heavy atom. The summed E-state index contributed by atoms with van der Waals surface area (Å²) in [6, 6.07) is 0. The van der Waals surface area contributed by atoms with Crippen LogP contribution in [0.3, 0.4) is 0 Å². The Bertz CT molecular complexity index is 128. The lowest BCUT2D eigenvalue weighted by atomic mass is 10.1. The zero-order valence-electron chi connectivity index (χ0n) is 5.16. The monoisotopic (exact) mass is 128 g/mol. The molecule has 0 N–H and O–H groups in total. The van der Waals surface area contributed by atoms with E-state index < -0.39 is 5.92 Å². The van der Waals surface area contributed by atoms with Crippen LogP contribution < -0.4 is 0 Å². The molecule has 0 amide bonds. The SMILES string of the molecule is CC(C=O)C(=O)CC=O. The van der Waals surface area contributed by atoms with Crippen molar-refractivity contribution in [2.45, 2.75) is 13.3 Å². The van der Waals surface area contributed by atoms with E-state index in [2.05, 4.69) is 0 Å². The number of hydrogen-bond donors (Lipinski definition) is 0. The fourth-order valence-corrected chi connectivity index (χ4v) is 0.344. The van der Waals surface area contributed by atoms with Crippen LogP contribution in [0, 0.1) is 5.92 Å². The standard InChI is InChI=1S/C6H8O3/c1-5(4-8)6(9)2-3-7/h3-5H,2H2,1H3.